The van der Waals surface area contributed by atoms with Crippen molar-refractivity contribution in [3.8, 4) is 0 Å². The molecule has 0 aromatic rings. The summed E-state index contributed by atoms with van der Waals surface area (Å²) in [6, 6.07) is 0.0364. The molecule has 0 bridgehead atoms. The Morgan fingerprint density at radius 3 is 2.60 bits per heavy atom. The highest BCUT2D eigenvalue weighted by Crippen LogP contribution is 1.96. The van der Waals surface area contributed by atoms with E-state index >= 15 is 0 Å². The molecular weight excluding hydrogens is 130 g/mol. The maximum absolute atomic E-state index is 10.2. The summed E-state index contributed by atoms with van der Waals surface area (Å²) >= 11 is 0. The molecule has 0 aliphatic heterocycles. The van der Waals surface area contributed by atoms with Crippen LogP contribution >= 0.6 is 0 Å². The van der Waals surface area contributed by atoms with Crippen LogP contribution in [0.2, 0.25) is 0 Å². The predicted molar refractivity (Wildman–Crippen MR) is 39.7 cm³/mol. The Labute approximate surface area is 60.5 Å². The quantitative estimate of drug-likeness (QED) is 0.573. The topological polar surface area (TPSA) is 63.3 Å². The molecule has 0 radical (unpaired) electrons. The van der Waals surface area contributed by atoms with Gasteiger partial charge in [0.05, 0.1) is 0 Å². The summed E-state index contributed by atoms with van der Waals surface area (Å²) in [5.41, 5.74) is 5.76. The van der Waals surface area contributed by atoms with Crippen molar-refractivity contribution in [1.29, 1.82) is 0 Å². The van der Waals surface area contributed by atoms with Gasteiger partial charge in [-0.3, -0.25) is 0 Å². The molecule has 0 aromatic heterocycles. The Bertz CT molecular complexity index is 150. The fraction of sp³-hybridized carbons (Fsp3) is 0.571. The van der Waals surface area contributed by atoms with E-state index < -0.39 is 5.97 Å². The van der Waals surface area contributed by atoms with Crippen molar-refractivity contribution in [1.82, 2.24) is 0 Å². The Kier molecular flexibility index (Phi) is 3.72. The second-order valence-electron chi connectivity index (χ2n) is 2.41. The van der Waals surface area contributed by atoms with Gasteiger partial charge < -0.3 is 10.8 Å². The van der Waals surface area contributed by atoms with Crippen LogP contribution in [0.1, 0.15) is 20.3 Å². The molecule has 0 rings (SSSR count). The predicted octanol–water partition coefficient (Wildman–Crippen LogP) is 0.755. The van der Waals surface area contributed by atoms with Crippen LogP contribution in [0.15, 0.2) is 11.6 Å². The third-order valence-corrected chi connectivity index (χ3v) is 1.13. The van der Waals surface area contributed by atoms with Gasteiger partial charge in [0.25, 0.3) is 0 Å². The van der Waals surface area contributed by atoms with E-state index in [1.807, 2.05) is 6.92 Å². The van der Waals surface area contributed by atoms with Gasteiger partial charge in [0, 0.05) is 11.6 Å². The first-order valence-electron chi connectivity index (χ1n) is 3.19. The number of carbonyl (C=O) groups is 1. The van der Waals surface area contributed by atoms with E-state index in [1.165, 1.54) is 0 Å². The molecule has 0 amide bonds. The third-order valence-electron chi connectivity index (χ3n) is 1.13. The standard InChI is InChI=1S/C7H13NO2/c1-5(7(9)10)3-4-6(2)8/h3,6H,4,8H2,1-2H3,(H,9,10)/b5-3+. The summed E-state index contributed by atoms with van der Waals surface area (Å²) in [6.45, 7) is 3.40. The zero-order chi connectivity index (χ0) is 8.15. The van der Waals surface area contributed by atoms with Crippen molar-refractivity contribution >= 4 is 5.97 Å². The fourth-order valence-electron chi connectivity index (χ4n) is 0.450. The Balaban J connectivity index is 3.81. The van der Waals surface area contributed by atoms with Gasteiger partial charge in [-0.25, -0.2) is 4.79 Å². The van der Waals surface area contributed by atoms with Gasteiger partial charge in [0.2, 0.25) is 0 Å². The summed E-state index contributed by atoms with van der Waals surface area (Å²) in [4.78, 5) is 10.2. The number of hydrogen-bond acceptors (Lipinski definition) is 2. The van der Waals surface area contributed by atoms with E-state index in [0.717, 1.165) is 0 Å². The second-order valence-corrected chi connectivity index (χ2v) is 2.41. The van der Waals surface area contributed by atoms with Crippen LogP contribution in [0.5, 0.6) is 0 Å². The molecular formula is C7H13NO2. The SMILES string of the molecule is C/C(=C\CC(C)N)C(=O)O. The fourth-order valence-corrected chi connectivity index (χ4v) is 0.450. The first kappa shape index (κ1) is 9.17. The highest BCUT2D eigenvalue weighted by atomic mass is 16.4. The largest absolute Gasteiger partial charge is 0.478 e. The lowest BCUT2D eigenvalue weighted by Gasteiger charge is -1.98. The van der Waals surface area contributed by atoms with Crippen LogP contribution in [-0.2, 0) is 4.79 Å². The molecule has 0 aliphatic rings. The van der Waals surface area contributed by atoms with E-state index in [2.05, 4.69) is 0 Å². The van der Waals surface area contributed by atoms with Gasteiger partial charge in [0.15, 0.2) is 0 Å². The van der Waals surface area contributed by atoms with Gasteiger partial charge in [0.1, 0.15) is 0 Å². The van der Waals surface area contributed by atoms with Gasteiger partial charge in [-0.15, -0.1) is 0 Å². The van der Waals surface area contributed by atoms with E-state index in [1.54, 1.807) is 13.0 Å². The Hall–Kier alpha value is -0.830. The van der Waals surface area contributed by atoms with Crippen molar-refractivity contribution in [2.75, 3.05) is 0 Å². The lowest BCUT2D eigenvalue weighted by molar-refractivity contribution is -0.132. The van der Waals surface area contributed by atoms with Crippen LogP contribution in [0.4, 0.5) is 0 Å². The van der Waals surface area contributed by atoms with Gasteiger partial charge >= 0.3 is 5.97 Å². The molecule has 3 nitrogen and oxygen atoms in total. The number of carboxylic acids is 1. The lowest BCUT2D eigenvalue weighted by Crippen LogP contribution is -2.13. The number of rotatable bonds is 3. The molecule has 0 aliphatic carbocycles. The normalized spacial score (nSPS) is 14.9. The zero-order valence-electron chi connectivity index (χ0n) is 6.29. The number of aliphatic carboxylic acids is 1. The van der Waals surface area contributed by atoms with Crippen LogP contribution in [0.25, 0.3) is 0 Å². The molecule has 10 heavy (non-hydrogen) atoms. The molecule has 0 spiro atoms. The van der Waals surface area contributed by atoms with Crippen LogP contribution in [-0.4, -0.2) is 17.1 Å². The minimum absolute atomic E-state index is 0.0364. The molecule has 0 aromatic carbocycles. The monoisotopic (exact) mass is 143 g/mol. The van der Waals surface area contributed by atoms with Crippen molar-refractivity contribution in [2.45, 2.75) is 26.3 Å². The molecule has 1 unspecified atom stereocenters. The van der Waals surface area contributed by atoms with E-state index in [-0.39, 0.29) is 6.04 Å². The number of nitrogens with two attached hydrogens (primary N) is 1. The van der Waals surface area contributed by atoms with E-state index in [9.17, 15) is 4.79 Å². The second kappa shape index (κ2) is 4.06. The molecule has 3 N–H and O–H groups in total. The first-order valence-corrected chi connectivity index (χ1v) is 3.19. The average molecular weight is 143 g/mol. The molecule has 58 valence electrons. The molecule has 0 saturated carbocycles. The van der Waals surface area contributed by atoms with Crippen LogP contribution in [0, 0.1) is 0 Å². The van der Waals surface area contributed by atoms with Crippen molar-refractivity contribution < 1.29 is 9.90 Å². The van der Waals surface area contributed by atoms with E-state index in [0.29, 0.717) is 12.0 Å². The highest BCUT2D eigenvalue weighted by Gasteiger charge is 1.98. The summed E-state index contributed by atoms with van der Waals surface area (Å²) < 4.78 is 0. The summed E-state index contributed by atoms with van der Waals surface area (Å²) in [5.74, 6) is -0.874. The van der Waals surface area contributed by atoms with E-state index in [4.69, 9.17) is 10.8 Å². The third kappa shape index (κ3) is 4.09. The molecule has 1 atom stereocenters. The number of hydrogen-bond donors (Lipinski definition) is 2. The summed E-state index contributed by atoms with van der Waals surface area (Å²) in [5, 5.41) is 8.39. The minimum Gasteiger partial charge on any atom is -0.478 e. The lowest BCUT2D eigenvalue weighted by atomic mass is 10.2. The summed E-state index contributed by atoms with van der Waals surface area (Å²) in [6.07, 6.45) is 2.26. The maximum atomic E-state index is 10.2. The highest BCUT2D eigenvalue weighted by molar-refractivity contribution is 5.85. The average Bonchev–Trinajstić information content (AvgIpc) is 1.82. The Morgan fingerprint density at radius 1 is 1.80 bits per heavy atom. The van der Waals surface area contributed by atoms with Gasteiger partial charge in [-0.2, -0.15) is 0 Å². The van der Waals surface area contributed by atoms with Crippen molar-refractivity contribution in [3.05, 3.63) is 11.6 Å². The smallest absolute Gasteiger partial charge is 0.330 e. The van der Waals surface area contributed by atoms with Gasteiger partial charge in [-0.05, 0) is 20.3 Å². The molecule has 0 heterocycles. The summed E-state index contributed by atoms with van der Waals surface area (Å²) in [7, 11) is 0. The zero-order valence-corrected chi connectivity index (χ0v) is 6.29. The number of carboxylic acid groups (broad SMARTS) is 1. The molecule has 3 heteroatoms. The first-order chi connectivity index (χ1) is 4.54. The molecule has 0 saturated heterocycles. The van der Waals surface area contributed by atoms with Crippen molar-refractivity contribution in [3.63, 3.8) is 0 Å². The van der Waals surface area contributed by atoms with Crippen LogP contribution in [0.3, 0.4) is 0 Å². The van der Waals surface area contributed by atoms with Crippen molar-refractivity contribution in [2.24, 2.45) is 5.73 Å². The molecule has 0 fully saturated rings. The van der Waals surface area contributed by atoms with Gasteiger partial charge in [-0.1, -0.05) is 6.08 Å². The maximum Gasteiger partial charge on any atom is 0.330 e. The Morgan fingerprint density at radius 2 is 2.30 bits per heavy atom. The minimum atomic E-state index is -0.874. The van der Waals surface area contributed by atoms with Crippen LogP contribution < -0.4 is 5.73 Å².